The van der Waals surface area contributed by atoms with Gasteiger partial charge in [0.1, 0.15) is 24.7 Å². The van der Waals surface area contributed by atoms with Gasteiger partial charge >= 0.3 is 0 Å². The van der Waals surface area contributed by atoms with E-state index in [0.717, 1.165) is 21.1 Å². The Bertz CT molecular complexity index is 1280. The van der Waals surface area contributed by atoms with Gasteiger partial charge < -0.3 is 10.1 Å². The highest BCUT2D eigenvalue weighted by atomic mass is 79.9. The molecule has 1 N–H and O–H groups in total. The molecular formula is C25H18BrFN2O4S. The number of anilines is 1. The standard InChI is InChI=1S/C25H18BrFN2O4S/c26-18-9-11-19(12-10-18)28-23(30)14-29-24(31)22(34-25(29)32)13-16-5-2-4-8-21(16)33-15-17-6-1-3-7-20(17)27/h1-13H,14-15H2,(H,28,30)/b22-13+. The number of halogens is 2. The largest absolute Gasteiger partial charge is 0.488 e. The smallest absolute Gasteiger partial charge is 0.294 e. The van der Waals surface area contributed by atoms with Crippen LogP contribution in [0.15, 0.2) is 82.2 Å². The molecule has 0 aromatic heterocycles. The van der Waals surface area contributed by atoms with Gasteiger partial charge in [-0.3, -0.25) is 19.3 Å². The van der Waals surface area contributed by atoms with Crippen LogP contribution in [0.3, 0.4) is 0 Å². The summed E-state index contributed by atoms with van der Waals surface area (Å²) in [5.41, 5.74) is 1.51. The summed E-state index contributed by atoms with van der Waals surface area (Å²) in [6.45, 7) is -0.390. The summed E-state index contributed by atoms with van der Waals surface area (Å²) >= 11 is 4.07. The molecule has 34 heavy (non-hydrogen) atoms. The van der Waals surface area contributed by atoms with Gasteiger partial charge in [0.15, 0.2) is 0 Å². The SMILES string of the molecule is O=C(CN1C(=O)S/C(=C/c2ccccc2OCc2ccccc2F)C1=O)Nc1ccc(Br)cc1. The zero-order valence-corrected chi connectivity index (χ0v) is 20.1. The van der Waals surface area contributed by atoms with Crippen molar-refractivity contribution in [3.8, 4) is 5.75 Å². The van der Waals surface area contributed by atoms with E-state index in [4.69, 9.17) is 4.74 Å². The van der Waals surface area contributed by atoms with Gasteiger partial charge in [0.2, 0.25) is 5.91 Å². The zero-order chi connectivity index (χ0) is 24.1. The second kappa shape index (κ2) is 10.7. The Kier molecular flexibility index (Phi) is 7.44. The molecule has 0 unspecified atom stereocenters. The minimum atomic E-state index is -0.565. The van der Waals surface area contributed by atoms with Crippen LogP contribution in [-0.4, -0.2) is 28.5 Å². The molecule has 1 fully saturated rings. The molecule has 0 saturated carbocycles. The third-order valence-electron chi connectivity index (χ3n) is 4.85. The van der Waals surface area contributed by atoms with E-state index in [-0.39, 0.29) is 17.3 Å². The fourth-order valence-electron chi connectivity index (χ4n) is 3.16. The summed E-state index contributed by atoms with van der Waals surface area (Å²) in [6.07, 6.45) is 1.54. The van der Waals surface area contributed by atoms with Gasteiger partial charge in [-0.15, -0.1) is 0 Å². The summed E-state index contributed by atoms with van der Waals surface area (Å²) in [6, 6.07) is 20.2. The molecule has 1 heterocycles. The van der Waals surface area contributed by atoms with Crippen molar-refractivity contribution in [3.05, 3.63) is 99.1 Å². The Balaban J connectivity index is 1.45. The number of para-hydroxylation sites is 1. The number of hydrogen-bond donors (Lipinski definition) is 1. The van der Waals surface area contributed by atoms with Crippen molar-refractivity contribution < 1.29 is 23.5 Å². The van der Waals surface area contributed by atoms with Crippen LogP contribution in [0.1, 0.15) is 11.1 Å². The minimum absolute atomic E-state index is 0.00916. The number of thioether (sulfide) groups is 1. The molecule has 0 aliphatic carbocycles. The van der Waals surface area contributed by atoms with Crippen LogP contribution in [0.5, 0.6) is 5.75 Å². The average molecular weight is 541 g/mol. The van der Waals surface area contributed by atoms with Gasteiger partial charge in [-0.2, -0.15) is 0 Å². The first-order valence-corrected chi connectivity index (χ1v) is 11.8. The Morgan fingerprint density at radius 2 is 1.74 bits per heavy atom. The van der Waals surface area contributed by atoms with Crippen LogP contribution in [-0.2, 0) is 16.2 Å². The molecule has 3 aromatic carbocycles. The van der Waals surface area contributed by atoms with Crippen LogP contribution < -0.4 is 10.1 Å². The lowest BCUT2D eigenvalue weighted by Gasteiger charge is -2.12. The van der Waals surface area contributed by atoms with E-state index in [1.54, 1.807) is 66.7 Å². The lowest BCUT2D eigenvalue weighted by molar-refractivity contribution is -0.127. The number of amides is 3. The number of carbonyl (C=O) groups is 3. The van der Waals surface area contributed by atoms with E-state index in [1.165, 1.54) is 12.1 Å². The van der Waals surface area contributed by atoms with Gasteiger partial charge in [-0.25, -0.2) is 4.39 Å². The van der Waals surface area contributed by atoms with Crippen LogP contribution in [0.2, 0.25) is 0 Å². The summed E-state index contributed by atoms with van der Waals surface area (Å²) in [5, 5.41) is 2.13. The monoisotopic (exact) mass is 540 g/mol. The van der Waals surface area contributed by atoms with E-state index in [1.807, 2.05) is 0 Å². The number of nitrogens with zero attached hydrogens (tertiary/aromatic N) is 1. The highest BCUT2D eigenvalue weighted by molar-refractivity contribution is 9.10. The van der Waals surface area contributed by atoms with E-state index in [0.29, 0.717) is 22.6 Å². The van der Waals surface area contributed by atoms with Crippen molar-refractivity contribution in [2.24, 2.45) is 0 Å². The fraction of sp³-hybridized carbons (Fsp3) is 0.0800. The predicted molar refractivity (Wildman–Crippen MR) is 133 cm³/mol. The second-order valence-corrected chi connectivity index (χ2v) is 9.15. The van der Waals surface area contributed by atoms with Crippen LogP contribution in [0.4, 0.5) is 14.9 Å². The molecule has 0 atom stereocenters. The lowest BCUT2D eigenvalue weighted by Crippen LogP contribution is -2.36. The molecule has 0 spiro atoms. The second-order valence-electron chi connectivity index (χ2n) is 7.24. The number of carbonyl (C=O) groups excluding carboxylic acids is 3. The van der Waals surface area contributed by atoms with Crippen LogP contribution >= 0.6 is 27.7 Å². The molecule has 4 rings (SSSR count). The fourth-order valence-corrected chi connectivity index (χ4v) is 4.25. The van der Waals surface area contributed by atoms with Crippen molar-refractivity contribution in [2.75, 3.05) is 11.9 Å². The van der Waals surface area contributed by atoms with Crippen molar-refractivity contribution >= 4 is 56.5 Å². The van der Waals surface area contributed by atoms with E-state index >= 15 is 0 Å². The summed E-state index contributed by atoms with van der Waals surface area (Å²) < 4.78 is 20.5. The predicted octanol–water partition coefficient (Wildman–Crippen LogP) is 5.84. The topological polar surface area (TPSA) is 75.7 Å². The number of imide groups is 1. The zero-order valence-electron chi connectivity index (χ0n) is 17.7. The molecule has 1 aliphatic rings. The molecular weight excluding hydrogens is 523 g/mol. The Morgan fingerprint density at radius 3 is 2.50 bits per heavy atom. The maximum absolute atomic E-state index is 13.9. The molecule has 0 bridgehead atoms. The number of rotatable bonds is 7. The molecule has 1 aliphatic heterocycles. The lowest BCUT2D eigenvalue weighted by atomic mass is 10.1. The first-order chi connectivity index (χ1) is 16.4. The van der Waals surface area contributed by atoms with Gasteiger partial charge in [0, 0.05) is 21.3 Å². The Hall–Kier alpha value is -3.43. The molecule has 9 heteroatoms. The normalized spacial score (nSPS) is 14.5. The molecule has 3 amide bonds. The third kappa shape index (κ3) is 5.73. The molecule has 1 saturated heterocycles. The summed E-state index contributed by atoms with van der Waals surface area (Å²) in [5.74, 6) is -0.989. The quantitative estimate of drug-likeness (QED) is 0.381. The first kappa shape index (κ1) is 23.7. The van der Waals surface area contributed by atoms with Crippen molar-refractivity contribution in [1.82, 2.24) is 4.90 Å². The summed E-state index contributed by atoms with van der Waals surface area (Å²) in [4.78, 5) is 38.7. The summed E-state index contributed by atoms with van der Waals surface area (Å²) in [7, 11) is 0. The van der Waals surface area contributed by atoms with Gasteiger partial charge in [-0.05, 0) is 54.2 Å². The number of benzene rings is 3. The Morgan fingerprint density at radius 1 is 1.03 bits per heavy atom. The van der Waals surface area contributed by atoms with Crippen molar-refractivity contribution in [3.63, 3.8) is 0 Å². The van der Waals surface area contributed by atoms with Crippen LogP contribution in [0.25, 0.3) is 6.08 Å². The third-order valence-corrected chi connectivity index (χ3v) is 6.29. The average Bonchev–Trinajstić information content (AvgIpc) is 3.08. The highest BCUT2D eigenvalue weighted by Crippen LogP contribution is 2.34. The number of ether oxygens (including phenoxy) is 1. The van der Waals surface area contributed by atoms with Crippen molar-refractivity contribution in [2.45, 2.75) is 6.61 Å². The minimum Gasteiger partial charge on any atom is -0.488 e. The molecule has 172 valence electrons. The van der Waals surface area contributed by atoms with Crippen molar-refractivity contribution in [1.29, 1.82) is 0 Å². The molecule has 3 aromatic rings. The van der Waals surface area contributed by atoms with Crippen LogP contribution in [0, 0.1) is 5.82 Å². The molecule has 0 radical (unpaired) electrons. The van der Waals surface area contributed by atoms with Gasteiger partial charge in [0.05, 0.1) is 4.91 Å². The maximum Gasteiger partial charge on any atom is 0.294 e. The first-order valence-electron chi connectivity index (χ1n) is 10.2. The number of nitrogens with one attached hydrogen (secondary N) is 1. The maximum atomic E-state index is 13.9. The van der Waals surface area contributed by atoms with E-state index in [2.05, 4.69) is 21.2 Å². The van der Waals surface area contributed by atoms with Gasteiger partial charge in [-0.1, -0.05) is 52.3 Å². The van der Waals surface area contributed by atoms with E-state index < -0.39 is 23.6 Å². The van der Waals surface area contributed by atoms with E-state index in [9.17, 15) is 18.8 Å². The highest BCUT2D eigenvalue weighted by Gasteiger charge is 2.36. The molecule has 6 nitrogen and oxygen atoms in total. The Labute approximate surface area is 207 Å². The number of hydrogen-bond acceptors (Lipinski definition) is 5. The van der Waals surface area contributed by atoms with Gasteiger partial charge in [0.25, 0.3) is 11.1 Å².